The van der Waals surface area contributed by atoms with Crippen LogP contribution in [0.4, 0.5) is 0 Å². The first-order valence-corrected chi connectivity index (χ1v) is 6.26. The Morgan fingerprint density at radius 2 is 1.72 bits per heavy atom. The fourth-order valence-electron chi connectivity index (χ4n) is 2.19. The van der Waals surface area contributed by atoms with Gasteiger partial charge in [0.1, 0.15) is 6.29 Å². The van der Waals surface area contributed by atoms with E-state index >= 15 is 0 Å². The van der Waals surface area contributed by atoms with Crippen LogP contribution in [0.15, 0.2) is 36.4 Å². The lowest BCUT2D eigenvalue weighted by Crippen LogP contribution is -1.95. The second-order valence-corrected chi connectivity index (χ2v) is 4.39. The maximum absolute atomic E-state index is 10.7. The van der Waals surface area contributed by atoms with E-state index < -0.39 is 0 Å². The topological polar surface area (TPSA) is 43.1 Å². The summed E-state index contributed by atoms with van der Waals surface area (Å²) in [4.78, 5) is 10.7. The van der Waals surface area contributed by atoms with Gasteiger partial charge in [-0.2, -0.15) is 0 Å². The average molecular weight is 243 g/mol. The van der Waals surface area contributed by atoms with E-state index in [1.165, 1.54) is 23.4 Å². The summed E-state index contributed by atoms with van der Waals surface area (Å²) in [6, 6.07) is 12.5. The van der Waals surface area contributed by atoms with Gasteiger partial charge in [-0.05, 0) is 34.9 Å². The number of carbonyl (C=O) groups excluding carboxylic acids is 1. The summed E-state index contributed by atoms with van der Waals surface area (Å²) in [6.45, 7) is 4.37. The van der Waals surface area contributed by atoms with Crippen molar-refractivity contribution in [3.05, 3.63) is 47.5 Å². The quantitative estimate of drug-likeness (QED) is 0.841. The van der Waals surface area contributed by atoms with Crippen molar-refractivity contribution in [2.24, 2.45) is 5.73 Å². The lowest BCUT2D eigenvalue weighted by Gasteiger charge is -2.12. The molecular weight excluding hydrogens is 222 g/mol. The molecule has 0 saturated carbocycles. The number of benzene rings is 2. The Morgan fingerprint density at radius 3 is 2.28 bits per heavy atom. The van der Waals surface area contributed by atoms with Crippen LogP contribution in [0, 0.1) is 0 Å². The van der Waals surface area contributed by atoms with Gasteiger partial charge in [-0.25, -0.2) is 0 Å². The molecule has 2 rings (SSSR count). The summed E-state index contributed by atoms with van der Waals surface area (Å²) >= 11 is 0. The van der Waals surface area contributed by atoms with Gasteiger partial charge in [-0.15, -0.1) is 0 Å². The second-order valence-electron chi connectivity index (χ2n) is 4.39. The van der Waals surface area contributed by atoms with Gasteiger partial charge in [0.05, 0.1) is 0 Å². The molecule has 2 aromatic carbocycles. The molecule has 0 saturated heterocycles. The minimum absolute atomic E-state index is 0.483. The van der Waals surface area contributed by atoms with Crippen molar-refractivity contribution in [2.45, 2.75) is 26.2 Å². The maximum Gasteiger partial charge on any atom is 0.124 e. The highest BCUT2D eigenvalue weighted by atomic mass is 16.1. The zero-order valence-electron chi connectivity index (χ0n) is 11.3. The lowest BCUT2D eigenvalue weighted by atomic mass is 9.92. The Balaban J connectivity index is 0.000000771. The van der Waals surface area contributed by atoms with Crippen LogP contribution in [-0.2, 0) is 11.2 Å². The summed E-state index contributed by atoms with van der Waals surface area (Å²) in [5.41, 5.74) is 6.96. The van der Waals surface area contributed by atoms with Crippen molar-refractivity contribution in [3.8, 4) is 0 Å². The number of hydrogen-bond acceptors (Lipinski definition) is 2. The van der Waals surface area contributed by atoms with Gasteiger partial charge in [0.2, 0.25) is 0 Å². The van der Waals surface area contributed by atoms with Gasteiger partial charge in [0.15, 0.2) is 0 Å². The molecule has 0 heterocycles. The molecule has 0 atom stereocenters. The van der Waals surface area contributed by atoms with E-state index in [1.54, 1.807) is 0 Å². The number of carbonyl (C=O) groups is 1. The molecule has 0 aliphatic rings. The molecule has 0 radical (unpaired) electrons. The fourth-order valence-corrected chi connectivity index (χ4v) is 2.19. The summed E-state index contributed by atoms with van der Waals surface area (Å²) in [5, 5.41) is 2.48. The van der Waals surface area contributed by atoms with Crippen molar-refractivity contribution in [2.75, 3.05) is 7.05 Å². The van der Waals surface area contributed by atoms with Gasteiger partial charge in [-0.3, -0.25) is 0 Å². The van der Waals surface area contributed by atoms with Crippen LogP contribution in [-0.4, -0.2) is 13.3 Å². The summed E-state index contributed by atoms with van der Waals surface area (Å²) < 4.78 is 0. The third-order valence-corrected chi connectivity index (χ3v) is 2.95. The van der Waals surface area contributed by atoms with Crippen LogP contribution >= 0.6 is 0 Å². The van der Waals surface area contributed by atoms with Crippen molar-refractivity contribution < 1.29 is 4.79 Å². The molecule has 0 fully saturated rings. The van der Waals surface area contributed by atoms with Gasteiger partial charge in [0, 0.05) is 6.42 Å². The van der Waals surface area contributed by atoms with Crippen LogP contribution in [0.25, 0.3) is 10.8 Å². The van der Waals surface area contributed by atoms with Gasteiger partial charge < -0.3 is 10.5 Å². The molecule has 2 N–H and O–H groups in total. The molecule has 2 nitrogen and oxygen atoms in total. The molecule has 0 aromatic heterocycles. The smallest absolute Gasteiger partial charge is 0.124 e. The van der Waals surface area contributed by atoms with Crippen LogP contribution < -0.4 is 5.73 Å². The second kappa shape index (κ2) is 6.92. The molecule has 0 aliphatic heterocycles. The Kier molecular flexibility index (Phi) is 5.53. The first-order chi connectivity index (χ1) is 8.74. The normalized spacial score (nSPS) is 10.1. The molecule has 0 spiro atoms. The molecule has 0 unspecified atom stereocenters. The Hall–Kier alpha value is -1.67. The molecular formula is C16H21NO. The third kappa shape index (κ3) is 2.96. The van der Waals surface area contributed by atoms with Gasteiger partial charge in [-0.1, -0.05) is 50.2 Å². The fraction of sp³-hybridized carbons (Fsp3) is 0.312. The zero-order valence-corrected chi connectivity index (χ0v) is 11.3. The minimum Gasteiger partial charge on any atom is -0.333 e. The SMILES string of the molecule is CC(C)c1cccc2cccc(CC=O)c12.CN. The zero-order chi connectivity index (χ0) is 13.5. The van der Waals surface area contributed by atoms with E-state index in [-0.39, 0.29) is 0 Å². The summed E-state index contributed by atoms with van der Waals surface area (Å²) in [7, 11) is 1.50. The highest BCUT2D eigenvalue weighted by molar-refractivity contribution is 5.90. The van der Waals surface area contributed by atoms with Gasteiger partial charge >= 0.3 is 0 Å². The van der Waals surface area contributed by atoms with E-state index in [4.69, 9.17) is 0 Å². The van der Waals surface area contributed by atoms with Crippen LogP contribution in [0.2, 0.25) is 0 Å². The molecule has 0 bridgehead atoms. The predicted molar refractivity (Wildman–Crippen MR) is 77.9 cm³/mol. The van der Waals surface area contributed by atoms with E-state index in [0.717, 1.165) is 11.8 Å². The lowest BCUT2D eigenvalue weighted by molar-refractivity contribution is -0.107. The third-order valence-electron chi connectivity index (χ3n) is 2.95. The van der Waals surface area contributed by atoms with Crippen molar-refractivity contribution in [1.29, 1.82) is 0 Å². The maximum atomic E-state index is 10.7. The standard InChI is InChI=1S/C15H16O.CH5N/c1-11(2)14-8-4-7-12-5-3-6-13(9-10-16)15(12)14;1-2/h3-8,10-11H,9H2,1-2H3;2H2,1H3. The molecule has 0 aliphatic carbocycles. The van der Waals surface area contributed by atoms with E-state index in [0.29, 0.717) is 12.3 Å². The highest BCUT2D eigenvalue weighted by Gasteiger charge is 2.08. The Labute approximate surface area is 109 Å². The van der Waals surface area contributed by atoms with E-state index in [9.17, 15) is 4.79 Å². The first-order valence-electron chi connectivity index (χ1n) is 6.26. The highest BCUT2D eigenvalue weighted by Crippen LogP contribution is 2.28. The van der Waals surface area contributed by atoms with E-state index in [2.05, 4.69) is 43.8 Å². The molecule has 2 aromatic rings. The number of nitrogens with two attached hydrogens (primary N) is 1. The average Bonchev–Trinajstić information content (AvgIpc) is 2.41. The Morgan fingerprint density at radius 1 is 1.11 bits per heavy atom. The molecule has 18 heavy (non-hydrogen) atoms. The minimum atomic E-state index is 0.483. The van der Waals surface area contributed by atoms with E-state index in [1.807, 2.05) is 12.1 Å². The van der Waals surface area contributed by atoms with Crippen LogP contribution in [0.5, 0.6) is 0 Å². The van der Waals surface area contributed by atoms with Crippen molar-refractivity contribution in [1.82, 2.24) is 0 Å². The number of hydrogen-bond donors (Lipinski definition) is 1. The monoisotopic (exact) mass is 243 g/mol. The van der Waals surface area contributed by atoms with Crippen LogP contribution in [0.1, 0.15) is 30.9 Å². The first kappa shape index (κ1) is 14.4. The van der Waals surface area contributed by atoms with Crippen LogP contribution in [0.3, 0.4) is 0 Å². The Bertz CT molecular complexity index is 512. The van der Waals surface area contributed by atoms with Crippen molar-refractivity contribution >= 4 is 17.1 Å². The number of fused-ring (bicyclic) bond motifs is 1. The molecule has 96 valence electrons. The largest absolute Gasteiger partial charge is 0.333 e. The van der Waals surface area contributed by atoms with Crippen molar-refractivity contribution in [3.63, 3.8) is 0 Å². The molecule has 2 heteroatoms. The number of rotatable bonds is 3. The van der Waals surface area contributed by atoms with Gasteiger partial charge in [0.25, 0.3) is 0 Å². The predicted octanol–water partition coefficient (Wildman–Crippen LogP) is 3.28. The molecule has 0 amide bonds. The number of aldehydes is 1. The summed E-state index contributed by atoms with van der Waals surface area (Å²) in [5.74, 6) is 0.483. The summed E-state index contributed by atoms with van der Waals surface area (Å²) in [6.07, 6.45) is 1.48.